The van der Waals surface area contributed by atoms with Crippen LogP contribution in [0.15, 0.2) is 188 Å². The van der Waals surface area contributed by atoms with Crippen molar-refractivity contribution in [2.24, 2.45) is 0 Å². The summed E-state index contributed by atoms with van der Waals surface area (Å²) in [5.41, 5.74) is 14.9. The van der Waals surface area contributed by atoms with Crippen molar-refractivity contribution in [3.63, 3.8) is 0 Å². The summed E-state index contributed by atoms with van der Waals surface area (Å²) in [6, 6.07) is 60.7. The summed E-state index contributed by atoms with van der Waals surface area (Å²) in [4.78, 5) is 19.9. The fourth-order valence-electron chi connectivity index (χ4n) is 9.75. The molecule has 0 aliphatic heterocycles. The smallest absolute Gasteiger partial charge is 0.308 e. The Labute approximate surface area is 406 Å². The molecule has 9 heteroatoms. The molecule has 0 fully saturated rings. The first kappa shape index (κ1) is 44.4. The zero-order valence-electron chi connectivity index (χ0n) is 38.8. The maximum Gasteiger partial charge on any atom is 0.416 e. The predicted molar refractivity (Wildman–Crippen MR) is 283 cm³/mol. The molecule has 0 aliphatic rings. The number of rotatable bonds is 8. The Morgan fingerprint density at radius 1 is 0.386 bits per heavy atom. The monoisotopic (exact) mass is 935 g/mol. The quantitative estimate of drug-likeness (QED) is 0.142. The van der Waals surface area contributed by atoms with E-state index in [1.54, 1.807) is 12.1 Å². The Hall–Kier alpha value is -8.06. The zero-order valence-corrected chi connectivity index (χ0v) is 40.0. The Morgan fingerprint density at radius 3 is 1.24 bits per heavy atom. The van der Waals surface area contributed by atoms with Crippen molar-refractivity contribution in [3.8, 4) is 84.4 Å². The van der Waals surface area contributed by atoms with Crippen LogP contribution in [0, 0.1) is 27.7 Å². The minimum Gasteiger partial charge on any atom is -0.308 e. The van der Waals surface area contributed by atoms with E-state index >= 15 is 13.2 Å². The Kier molecular flexibility index (Phi) is 11.3. The van der Waals surface area contributed by atoms with E-state index in [2.05, 4.69) is 114 Å². The molecule has 0 radical (unpaired) electrons. The average Bonchev–Trinajstić information content (AvgIpc) is 3.68. The van der Waals surface area contributed by atoms with Crippen molar-refractivity contribution in [1.82, 2.24) is 24.5 Å². The van der Waals surface area contributed by atoms with E-state index in [0.29, 0.717) is 39.9 Å². The number of fused-ring (bicyclic) bond motifs is 3. The molecule has 3 heterocycles. The molecular weight excluding hydrogens is 891 g/mol. The van der Waals surface area contributed by atoms with E-state index in [0.717, 1.165) is 83.0 Å². The van der Waals surface area contributed by atoms with Crippen LogP contribution in [0.4, 0.5) is 13.2 Å². The Morgan fingerprint density at radius 2 is 0.786 bits per heavy atom. The fraction of sp³-hybridized carbons (Fsp3) is 0.0820. The van der Waals surface area contributed by atoms with Gasteiger partial charge in [0.05, 0.1) is 45.1 Å². The second-order valence-corrected chi connectivity index (χ2v) is 18.5. The summed E-state index contributed by atoms with van der Waals surface area (Å²) in [7, 11) is 2.57. The Balaban J connectivity index is 1.30. The minimum absolute atomic E-state index is 0.252. The lowest BCUT2D eigenvalue weighted by Gasteiger charge is -2.22. The van der Waals surface area contributed by atoms with Crippen molar-refractivity contribution in [1.29, 1.82) is 0 Å². The van der Waals surface area contributed by atoms with Crippen LogP contribution in [-0.2, 0) is 6.18 Å². The molecule has 0 aliphatic carbocycles. The summed E-state index contributed by atoms with van der Waals surface area (Å²) in [6.07, 6.45) is -4.75. The summed E-state index contributed by atoms with van der Waals surface area (Å²) < 4.78 is 49.3. The lowest BCUT2D eigenvalue weighted by Crippen LogP contribution is -2.12. The van der Waals surface area contributed by atoms with Crippen LogP contribution in [0.25, 0.3) is 106 Å². The van der Waals surface area contributed by atoms with E-state index in [4.69, 9.17) is 19.9 Å². The van der Waals surface area contributed by atoms with Crippen LogP contribution in [0.1, 0.15) is 27.8 Å². The van der Waals surface area contributed by atoms with Crippen LogP contribution in [0.3, 0.4) is 0 Å². The SMILES string of the molecule is Cc1cc(C)cc(-c2ccc3c(c2)c2cc(-c4cc(C)cc(C)c4)ccc2n3-c2c(-c3cc(-c4ccccc4)nc(P)n3)cc(C(F)(F)F)cc2-c2cc(-c3ccccc3)nc(-c3ccccc3)n2)c1. The van der Waals surface area contributed by atoms with Crippen molar-refractivity contribution in [2.45, 2.75) is 33.9 Å². The van der Waals surface area contributed by atoms with Crippen LogP contribution < -0.4 is 5.57 Å². The maximum atomic E-state index is 15.7. The van der Waals surface area contributed by atoms with Crippen LogP contribution in [0.2, 0.25) is 0 Å². The lowest BCUT2D eigenvalue weighted by molar-refractivity contribution is -0.137. The van der Waals surface area contributed by atoms with Gasteiger partial charge in [-0.2, -0.15) is 13.2 Å². The molecule has 11 rings (SSSR count). The highest BCUT2D eigenvalue weighted by Gasteiger charge is 2.35. The molecule has 0 saturated carbocycles. The third-order valence-corrected chi connectivity index (χ3v) is 13.0. The number of aromatic nitrogens is 5. The second kappa shape index (κ2) is 17.8. The molecule has 0 amide bonds. The second-order valence-electron chi connectivity index (χ2n) is 18.0. The standard InChI is InChI=1S/C61H45F3N5P/c1-36-24-37(2)27-45(26-36)43-20-22-56-48(30-43)49-31-44(46-28-38(3)25-39(4)29-46)21-23-57(49)69(56)58-50(54-34-52(40-14-8-5-9-15-40)65-59(66-54)42-18-12-7-13-19-42)32-47(61(62,63)64)33-51(58)55-35-53(67-60(70)68-55)41-16-10-6-11-17-41/h5-35H,70H2,1-4H3. The summed E-state index contributed by atoms with van der Waals surface area (Å²) >= 11 is 0. The molecule has 0 N–H and O–H groups in total. The largest absolute Gasteiger partial charge is 0.416 e. The number of hydrogen-bond donors (Lipinski definition) is 0. The van der Waals surface area contributed by atoms with E-state index in [1.807, 2.05) is 91.0 Å². The van der Waals surface area contributed by atoms with E-state index < -0.39 is 11.7 Å². The van der Waals surface area contributed by atoms with E-state index in [-0.39, 0.29) is 11.1 Å². The van der Waals surface area contributed by atoms with Crippen molar-refractivity contribution >= 4 is 36.6 Å². The predicted octanol–water partition coefficient (Wildman–Crippen LogP) is 15.8. The van der Waals surface area contributed by atoms with E-state index in [9.17, 15) is 0 Å². The van der Waals surface area contributed by atoms with Gasteiger partial charge in [-0.05, 0) is 98.5 Å². The van der Waals surface area contributed by atoms with Crippen molar-refractivity contribution in [2.75, 3.05) is 0 Å². The maximum absolute atomic E-state index is 15.7. The summed E-state index contributed by atoms with van der Waals surface area (Å²) in [6.45, 7) is 8.39. The molecule has 70 heavy (non-hydrogen) atoms. The van der Waals surface area contributed by atoms with Gasteiger partial charge < -0.3 is 4.57 Å². The molecule has 11 aromatic rings. The Bertz CT molecular complexity index is 3600. The number of nitrogens with zero attached hydrogens (tertiary/aromatic N) is 5. The number of alkyl halides is 3. The number of benzene rings is 8. The van der Waals surface area contributed by atoms with Crippen LogP contribution in [-0.4, -0.2) is 24.5 Å². The fourth-order valence-corrected chi connectivity index (χ4v) is 10.0. The molecule has 0 saturated heterocycles. The minimum atomic E-state index is -4.75. The molecule has 0 bridgehead atoms. The summed E-state index contributed by atoms with van der Waals surface area (Å²) in [5, 5.41) is 1.87. The molecule has 5 nitrogen and oxygen atoms in total. The first-order valence-corrected chi connectivity index (χ1v) is 23.6. The molecule has 8 aromatic carbocycles. The van der Waals surface area contributed by atoms with Gasteiger partial charge in [-0.1, -0.05) is 171 Å². The lowest BCUT2D eigenvalue weighted by atomic mass is 9.95. The van der Waals surface area contributed by atoms with E-state index in [1.165, 1.54) is 12.1 Å². The number of halogens is 3. The molecular formula is C61H45F3N5P. The molecule has 1 unspecified atom stereocenters. The zero-order chi connectivity index (χ0) is 48.3. The van der Waals surface area contributed by atoms with Gasteiger partial charge in [-0.15, -0.1) is 0 Å². The van der Waals surface area contributed by atoms with Gasteiger partial charge in [0.1, 0.15) is 5.57 Å². The molecule has 0 spiro atoms. The molecule has 340 valence electrons. The third kappa shape index (κ3) is 8.56. The van der Waals surface area contributed by atoms with Crippen LogP contribution in [0.5, 0.6) is 0 Å². The highest BCUT2D eigenvalue weighted by Crippen LogP contribution is 2.46. The third-order valence-electron chi connectivity index (χ3n) is 12.7. The van der Waals surface area contributed by atoms with Gasteiger partial charge in [0.25, 0.3) is 0 Å². The first-order chi connectivity index (χ1) is 33.8. The number of aryl methyl sites for hydroxylation is 4. The number of hydrogen-bond acceptors (Lipinski definition) is 4. The molecule has 3 aromatic heterocycles. The van der Waals surface area contributed by atoms with Crippen molar-refractivity contribution < 1.29 is 13.2 Å². The van der Waals surface area contributed by atoms with Crippen LogP contribution >= 0.6 is 9.24 Å². The van der Waals surface area contributed by atoms with Gasteiger partial charge in [0, 0.05) is 38.6 Å². The van der Waals surface area contributed by atoms with Gasteiger partial charge in [0.15, 0.2) is 5.82 Å². The highest BCUT2D eigenvalue weighted by molar-refractivity contribution is 7.26. The molecule has 1 atom stereocenters. The normalized spacial score (nSPS) is 11.7. The topological polar surface area (TPSA) is 56.5 Å². The first-order valence-electron chi connectivity index (χ1n) is 23.0. The summed E-state index contributed by atoms with van der Waals surface area (Å²) in [5.74, 6) is 0.376. The van der Waals surface area contributed by atoms with Gasteiger partial charge >= 0.3 is 6.18 Å². The van der Waals surface area contributed by atoms with Crippen molar-refractivity contribution in [3.05, 3.63) is 216 Å². The highest BCUT2D eigenvalue weighted by atomic mass is 31.0. The average molecular weight is 936 g/mol. The van der Waals surface area contributed by atoms with Gasteiger partial charge in [0.2, 0.25) is 0 Å². The van der Waals surface area contributed by atoms with Gasteiger partial charge in [-0.25, -0.2) is 19.9 Å². The van der Waals surface area contributed by atoms with Gasteiger partial charge in [-0.3, -0.25) is 0 Å².